The summed E-state index contributed by atoms with van der Waals surface area (Å²) >= 11 is 1.70. The maximum atomic E-state index is 5.41. The van der Waals surface area contributed by atoms with Gasteiger partial charge in [-0.05, 0) is 27.7 Å². The van der Waals surface area contributed by atoms with E-state index in [4.69, 9.17) is 5.84 Å². The average Bonchev–Trinajstić information content (AvgIpc) is 2.71. The van der Waals surface area contributed by atoms with Crippen LogP contribution in [0, 0.1) is 20.8 Å². The Labute approximate surface area is 116 Å². The third-order valence-electron chi connectivity index (χ3n) is 2.91. The highest BCUT2D eigenvalue weighted by Gasteiger charge is 2.15. The molecule has 2 aromatic heterocycles. The number of aromatic nitrogens is 3. The highest BCUT2D eigenvalue weighted by Crippen LogP contribution is 2.28. The molecule has 0 radical (unpaired) electrons. The van der Waals surface area contributed by atoms with Crippen molar-refractivity contribution in [3.8, 4) is 0 Å². The van der Waals surface area contributed by atoms with Crippen molar-refractivity contribution in [2.24, 2.45) is 5.84 Å². The molecular formula is C12H18N6S. The van der Waals surface area contributed by atoms with E-state index in [0.29, 0.717) is 5.82 Å². The van der Waals surface area contributed by atoms with Crippen LogP contribution in [0.1, 0.15) is 34.1 Å². The molecule has 0 aliphatic heterocycles. The maximum absolute atomic E-state index is 5.41. The minimum Gasteiger partial charge on any atom is -0.362 e. The van der Waals surface area contributed by atoms with Crippen molar-refractivity contribution in [2.75, 3.05) is 10.7 Å². The lowest BCUT2D eigenvalue weighted by Crippen LogP contribution is -2.14. The van der Waals surface area contributed by atoms with Gasteiger partial charge in [0.05, 0.1) is 16.7 Å². The van der Waals surface area contributed by atoms with Crippen LogP contribution in [0.2, 0.25) is 0 Å². The van der Waals surface area contributed by atoms with Crippen LogP contribution in [-0.4, -0.2) is 15.0 Å². The number of hydrogen-bond acceptors (Lipinski definition) is 7. The van der Waals surface area contributed by atoms with Crippen LogP contribution in [0.3, 0.4) is 0 Å². The summed E-state index contributed by atoms with van der Waals surface area (Å²) in [7, 11) is 0. The van der Waals surface area contributed by atoms with Crippen LogP contribution >= 0.6 is 11.3 Å². The number of nitrogens with two attached hydrogens (primary N) is 1. The first-order valence-electron chi connectivity index (χ1n) is 6.01. The van der Waals surface area contributed by atoms with Gasteiger partial charge in [-0.25, -0.2) is 20.8 Å². The number of hydrogen-bond donors (Lipinski definition) is 3. The smallest absolute Gasteiger partial charge is 0.148 e. The van der Waals surface area contributed by atoms with Crippen LogP contribution < -0.4 is 16.6 Å². The maximum Gasteiger partial charge on any atom is 0.148 e. The Kier molecular flexibility index (Phi) is 3.96. The number of nitrogens with zero attached hydrogens (tertiary/aromatic N) is 3. The van der Waals surface area contributed by atoms with Crippen molar-refractivity contribution < 1.29 is 0 Å². The van der Waals surface area contributed by atoms with Crippen molar-refractivity contribution in [2.45, 2.75) is 33.7 Å². The van der Waals surface area contributed by atoms with E-state index < -0.39 is 0 Å². The third-order valence-corrected chi connectivity index (χ3v) is 4.16. The first-order valence-corrected chi connectivity index (χ1v) is 6.83. The zero-order chi connectivity index (χ0) is 14.0. The molecule has 6 nitrogen and oxygen atoms in total. The number of nitrogen functional groups attached to an aromatic ring is 1. The van der Waals surface area contributed by atoms with Gasteiger partial charge in [-0.3, -0.25) is 0 Å². The molecule has 1 atom stereocenters. The fourth-order valence-electron chi connectivity index (χ4n) is 1.96. The molecule has 0 aliphatic rings. The Morgan fingerprint density at radius 3 is 2.47 bits per heavy atom. The number of nitrogens with one attached hydrogen (secondary N) is 2. The number of thiazole rings is 1. The fraction of sp³-hybridized carbons (Fsp3) is 0.417. The Hall–Kier alpha value is -1.73. The van der Waals surface area contributed by atoms with Gasteiger partial charge in [-0.15, -0.1) is 11.3 Å². The SMILES string of the molecule is Cc1nc(C)c(C(C)Nc2ncnc(NN)c2C)s1. The molecule has 4 N–H and O–H groups in total. The lowest BCUT2D eigenvalue weighted by Gasteiger charge is -2.16. The molecule has 2 aromatic rings. The summed E-state index contributed by atoms with van der Waals surface area (Å²) in [6, 6.07) is 0.144. The third kappa shape index (κ3) is 2.82. The molecule has 0 aliphatic carbocycles. The van der Waals surface area contributed by atoms with Crippen LogP contribution in [0.15, 0.2) is 6.33 Å². The first-order chi connectivity index (χ1) is 9.02. The fourth-order valence-corrected chi connectivity index (χ4v) is 2.89. The average molecular weight is 278 g/mol. The van der Waals surface area contributed by atoms with Crippen LogP contribution in [-0.2, 0) is 0 Å². The molecule has 102 valence electrons. The monoisotopic (exact) mass is 278 g/mol. The van der Waals surface area contributed by atoms with Gasteiger partial charge in [0.1, 0.15) is 18.0 Å². The molecule has 2 rings (SSSR count). The molecule has 0 aromatic carbocycles. The van der Waals surface area contributed by atoms with Crippen LogP contribution in [0.25, 0.3) is 0 Å². The predicted octanol–water partition coefficient (Wildman–Crippen LogP) is 2.32. The second kappa shape index (κ2) is 5.50. The van der Waals surface area contributed by atoms with Gasteiger partial charge >= 0.3 is 0 Å². The van der Waals surface area contributed by atoms with Crippen molar-refractivity contribution in [1.82, 2.24) is 15.0 Å². The summed E-state index contributed by atoms with van der Waals surface area (Å²) in [6.45, 7) is 8.06. The molecule has 0 saturated carbocycles. The molecular weight excluding hydrogens is 260 g/mol. The van der Waals surface area contributed by atoms with E-state index in [9.17, 15) is 0 Å². The quantitative estimate of drug-likeness (QED) is 0.587. The van der Waals surface area contributed by atoms with Crippen molar-refractivity contribution in [3.63, 3.8) is 0 Å². The topological polar surface area (TPSA) is 88.8 Å². The molecule has 19 heavy (non-hydrogen) atoms. The first kappa shape index (κ1) is 13.7. The second-order valence-electron chi connectivity index (χ2n) is 4.39. The zero-order valence-electron chi connectivity index (χ0n) is 11.5. The minimum atomic E-state index is 0.144. The molecule has 7 heteroatoms. The summed E-state index contributed by atoms with van der Waals surface area (Å²) in [5.41, 5.74) is 4.52. The van der Waals surface area contributed by atoms with Gasteiger partial charge in [0.25, 0.3) is 0 Å². The summed E-state index contributed by atoms with van der Waals surface area (Å²) in [6.07, 6.45) is 1.49. The predicted molar refractivity (Wildman–Crippen MR) is 78.2 cm³/mol. The highest BCUT2D eigenvalue weighted by atomic mass is 32.1. The lowest BCUT2D eigenvalue weighted by atomic mass is 10.2. The van der Waals surface area contributed by atoms with Crippen molar-refractivity contribution >= 4 is 23.0 Å². The Balaban J connectivity index is 2.24. The molecule has 1 unspecified atom stereocenters. The zero-order valence-corrected chi connectivity index (χ0v) is 12.3. The lowest BCUT2D eigenvalue weighted by molar-refractivity contribution is 0.873. The highest BCUT2D eigenvalue weighted by molar-refractivity contribution is 7.11. The number of rotatable bonds is 4. The van der Waals surface area contributed by atoms with E-state index >= 15 is 0 Å². The molecule has 0 spiro atoms. The van der Waals surface area contributed by atoms with E-state index in [-0.39, 0.29) is 6.04 Å². The molecule has 0 fully saturated rings. The van der Waals surface area contributed by atoms with Crippen molar-refractivity contribution in [3.05, 3.63) is 27.5 Å². The van der Waals surface area contributed by atoms with E-state index in [1.54, 1.807) is 11.3 Å². The Bertz CT molecular complexity index is 580. The van der Waals surface area contributed by atoms with E-state index in [1.165, 1.54) is 11.2 Å². The summed E-state index contributed by atoms with van der Waals surface area (Å²) < 4.78 is 0. The van der Waals surface area contributed by atoms with Gasteiger partial charge in [0.15, 0.2) is 0 Å². The van der Waals surface area contributed by atoms with Gasteiger partial charge in [0, 0.05) is 10.4 Å². The second-order valence-corrected chi connectivity index (χ2v) is 5.62. The van der Waals surface area contributed by atoms with Crippen LogP contribution in [0.5, 0.6) is 0 Å². The molecule has 0 saturated heterocycles. The largest absolute Gasteiger partial charge is 0.362 e. The molecule has 2 heterocycles. The van der Waals surface area contributed by atoms with E-state index in [1.807, 2.05) is 20.8 Å². The standard InChI is InChI=1S/C12H18N6S/c1-6-11(14-5-15-12(6)18-13)17-8(3)10-7(2)16-9(4)19-10/h5,8H,13H2,1-4H3,(H2,14,15,17,18). The normalized spacial score (nSPS) is 12.3. The molecule has 0 bridgehead atoms. The summed E-state index contributed by atoms with van der Waals surface area (Å²) in [5.74, 6) is 6.82. The minimum absolute atomic E-state index is 0.144. The number of anilines is 2. The number of aryl methyl sites for hydroxylation is 2. The van der Waals surface area contributed by atoms with Gasteiger partial charge in [-0.1, -0.05) is 0 Å². The van der Waals surface area contributed by atoms with Gasteiger partial charge in [-0.2, -0.15) is 0 Å². The Morgan fingerprint density at radius 2 is 1.89 bits per heavy atom. The van der Waals surface area contributed by atoms with Gasteiger partial charge < -0.3 is 10.7 Å². The van der Waals surface area contributed by atoms with Gasteiger partial charge in [0.2, 0.25) is 0 Å². The van der Waals surface area contributed by atoms with E-state index in [0.717, 1.165) is 22.1 Å². The Morgan fingerprint density at radius 1 is 1.21 bits per heavy atom. The summed E-state index contributed by atoms with van der Waals surface area (Å²) in [5, 5.41) is 4.45. The summed E-state index contributed by atoms with van der Waals surface area (Å²) in [4.78, 5) is 14.0. The van der Waals surface area contributed by atoms with Crippen molar-refractivity contribution in [1.29, 1.82) is 0 Å². The number of hydrazine groups is 1. The van der Waals surface area contributed by atoms with E-state index in [2.05, 4.69) is 32.6 Å². The van der Waals surface area contributed by atoms with Crippen LogP contribution in [0.4, 0.5) is 11.6 Å². The molecule has 0 amide bonds.